The van der Waals surface area contributed by atoms with Gasteiger partial charge in [0.15, 0.2) is 6.61 Å². The Balaban J connectivity index is 1.42. The number of nitrogens with zero attached hydrogens (tertiary/aromatic N) is 2. The molecule has 0 radical (unpaired) electrons. The number of nitrogens with one attached hydrogen (secondary N) is 1. The molecule has 1 amide bonds. The summed E-state index contributed by atoms with van der Waals surface area (Å²) in [7, 11) is 0. The first-order valence-electron chi connectivity index (χ1n) is 9.81. The second-order valence-corrected chi connectivity index (χ2v) is 7.90. The molecule has 0 bridgehead atoms. The van der Waals surface area contributed by atoms with Crippen molar-refractivity contribution in [1.29, 1.82) is 0 Å². The number of anilines is 2. The fraction of sp³-hybridized carbons (Fsp3) is 0.364. The first-order valence-corrected chi connectivity index (χ1v) is 10.6. The van der Waals surface area contributed by atoms with Gasteiger partial charge in [-0.05, 0) is 48.5 Å². The third kappa shape index (κ3) is 6.58. The fourth-order valence-corrected chi connectivity index (χ4v) is 3.51. The van der Waals surface area contributed by atoms with Crippen LogP contribution in [0.25, 0.3) is 0 Å². The van der Waals surface area contributed by atoms with Crippen LogP contribution in [0.2, 0.25) is 0 Å². The largest absolute Gasteiger partial charge is 0.455 e. The number of ether oxygens (including phenoxy) is 1. The highest BCUT2D eigenvalue weighted by Gasteiger charge is 2.16. The van der Waals surface area contributed by atoms with Gasteiger partial charge in [0.2, 0.25) is 0 Å². The van der Waals surface area contributed by atoms with Crippen molar-refractivity contribution in [3.63, 3.8) is 0 Å². The zero-order chi connectivity index (χ0) is 20.6. The third-order valence-electron chi connectivity index (χ3n) is 4.96. The summed E-state index contributed by atoms with van der Waals surface area (Å²) >= 11 is 3.35. The molecule has 154 valence electrons. The minimum absolute atomic E-state index is 0.139. The molecule has 1 aliphatic rings. The van der Waals surface area contributed by atoms with E-state index in [9.17, 15) is 9.59 Å². The highest BCUT2D eigenvalue weighted by Crippen LogP contribution is 2.19. The Hall–Kier alpha value is -2.38. The van der Waals surface area contributed by atoms with E-state index in [1.165, 1.54) is 0 Å². The molecule has 0 spiro atoms. The molecule has 7 heteroatoms. The van der Waals surface area contributed by atoms with Gasteiger partial charge in [0, 0.05) is 42.0 Å². The van der Waals surface area contributed by atoms with E-state index in [1.807, 2.05) is 48.5 Å². The van der Waals surface area contributed by atoms with E-state index in [0.29, 0.717) is 5.69 Å². The van der Waals surface area contributed by atoms with E-state index in [1.54, 1.807) is 0 Å². The van der Waals surface area contributed by atoms with Crippen molar-refractivity contribution in [2.24, 2.45) is 0 Å². The Morgan fingerprint density at radius 2 is 1.66 bits per heavy atom. The summed E-state index contributed by atoms with van der Waals surface area (Å²) < 4.78 is 6.02. The smallest absolute Gasteiger partial charge is 0.310 e. The number of likely N-dealkylation sites (N-methyl/N-ethyl adjacent to an activating group) is 1. The van der Waals surface area contributed by atoms with Crippen LogP contribution in [0.3, 0.4) is 0 Å². The molecule has 6 nitrogen and oxygen atoms in total. The monoisotopic (exact) mass is 459 g/mol. The van der Waals surface area contributed by atoms with Crippen LogP contribution < -0.4 is 10.2 Å². The molecule has 1 heterocycles. The number of hydrogen-bond donors (Lipinski definition) is 1. The summed E-state index contributed by atoms with van der Waals surface area (Å²) in [6.45, 7) is 7.14. The van der Waals surface area contributed by atoms with E-state index in [4.69, 9.17) is 4.74 Å². The van der Waals surface area contributed by atoms with Gasteiger partial charge in [-0.3, -0.25) is 9.59 Å². The maximum absolute atomic E-state index is 12.1. The number of halogens is 1. The summed E-state index contributed by atoms with van der Waals surface area (Å²) in [5.41, 5.74) is 2.68. The molecule has 1 saturated heterocycles. The van der Waals surface area contributed by atoms with Crippen molar-refractivity contribution >= 4 is 39.2 Å². The highest BCUT2D eigenvalue weighted by molar-refractivity contribution is 9.10. The van der Waals surface area contributed by atoms with Gasteiger partial charge in [-0.15, -0.1) is 0 Å². The Morgan fingerprint density at radius 3 is 2.28 bits per heavy atom. The predicted octanol–water partition coefficient (Wildman–Crippen LogP) is 3.32. The molecule has 1 aliphatic heterocycles. The number of esters is 1. The molecular weight excluding hydrogens is 434 g/mol. The number of benzene rings is 2. The third-order valence-corrected chi connectivity index (χ3v) is 5.49. The van der Waals surface area contributed by atoms with Crippen LogP contribution >= 0.6 is 15.9 Å². The van der Waals surface area contributed by atoms with Gasteiger partial charge >= 0.3 is 5.97 Å². The number of piperazine rings is 1. The molecule has 29 heavy (non-hydrogen) atoms. The number of amides is 1. The van der Waals surface area contributed by atoms with Crippen molar-refractivity contribution < 1.29 is 14.3 Å². The summed E-state index contributed by atoms with van der Waals surface area (Å²) in [6.07, 6.45) is 0.139. The standard InChI is InChI=1S/C22H26BrN3O3/c1-2-25-11-13-26(14-12-25)20-9-7-19(8-10-20)24-21(27)16-29-22(28)15-17-3-5-18(23)6-4-17/h3-10H,2,11-16H2,1H3,(H,24,27). The second-order valence-electron chi connectivity index (χ2n) is 6.98. The van der Waals surface area contributed by atoms with Crippen molar-refractivity contribution in [2.75, 3.05) is 49.5 Å². The van der Waals surface area contributed by atoms with Gasteiger partial charge in [-0.2, -0.15) is 0 Å². The van der Waals surface area contributed by atoms with Gasteiger partial charge in [-0.25, -0.2) is 0 Å². The molecule has 0 unspecified atom stereocenters. The first-order chi connectivity index (χ1) is 14.0. The summed E-state index contributed by atoms with van der Waals surface area (Å²) in [6, 6.07) is 15.2. The molecule has 1 N–H and O–H groups in total. The molecule has 1 fully saturated rings. The van der Waals surface area contributed by atoms with Crippen LogP contribution in [0.5, 0.6) is 0 Å². The molecule has 3 rings (SSSR count). The molecule has 0 aliphatic carbocycles. The molecular formula is C22H26BrN3O3. The lowest BCUT2D eigenvalue weighted by molar-refractivity contribution is -0.146. The highest BCUT2D eigenvalue weighted by atomic mass is 79.9. The van der Waals surface area contributed by atoms with Crippen molar-refractivity contribution in [3.8, 4) is 0 Å². The van der Waals surface area contributed by atoms with Gasteiger partial charge in [0.05, 0.1) is 6.42 Å². The lowest BCUT2D eigenvalue weighted by Gasteiger charge is -2.35. The predicted molar refractivity (Wildman–Crippen MR) is 118 cm³/mol. The topological polar surface area (TPSA) is 61.9 Å². The van der Waals surface area contributed by atoms with Gasteiger partial charge in [-0.1, -0.05) is 35.0 Å². The minimum Gasteiger partial charge on any atom is -0.455 e. The van der Waals surface area contributed by atoms with Crippen LogP contribution in [0.15, 0.2) is 53.0 Å². The van der Waals surface area contributed by atoms with E-state index in [-0.39, 0.29) is 18.9 Å². The summed E-state index contributed by atoms with van der Waals surface area (Å²) in [5.74, 6) is -0.775. The van der Waals surface area contributed by atoms with Crippen LogP contribution in [-0.2, 0) is 20.7 Å². The fourth-order valence-electron chi connectivity index (χ4n) is 3.24. The number of hydrogen-bond acceptors (Lipinski definition) is 5. The van der Waals surface area contributed by atoms with Crippen LogP contribution in [0.4, 0.5) is 11.4 Å². The van der Waals surface area contributed by atoms with E-state index >= 15 is 0 Å². The van der Waals surface area contributed by atoms with Gasteiger partial charge < -0.3 is 19.9 Å². The zero-order valence-electron chi connectivity index (χ0n) is 16.6. The first kappa shape index (κ1) is 21.3. The number of rotatable bonds is 7. The van der Waals surface area contributed by atoms with E-state index in [2.05, 4.69) is 38.0 Å². The summed E-state index contributed by atoms with van der Waals surface area (Å²) in [4.78, 5) is 28.7. The number of carbonyl (C=O) groups is 2. The molecule has 0 saturated carbocycles. The Kier molecular flexibility index (Phi) is 7.66. The minimum atomic E-state index is -0.427. The SMILES string of the molecule is CCN1CCN(c2ccc(NC(=O)COC(=O)Cc3ccc(Br)cc3)cc2)CC1. The average molecular weight is 460 g/mol. The normalized spacial score (nSPS) is 14.5. The number of carbonyl (C=O) groups excluding carboxylic acids is 2. The Labute approximate surface area is 180 Å². The zero-order valence-corrected chi connectivity index (χ0v) is 18.2. The van der Waals surface area contributed by atoms with Crippen LogP contribution in [-0.4, -0.2) is 56.1 Å². The van der Waals surface area contributed by atoms with Crippen molar-refractivity contribution in [2.45, 2.75) is 13.3 Å². The Bertz CT molecular complexity index is 816. The lowest BCUT2D eigenvalue weighted by atomic mass is 10.2. The van der Waals surface area contributed by atoms with Crippen LogP contribution in [0, 0.1) is 0 Å². The van der Waals surface area contributed by atoms with Crippen molar-refractivity contribution in [3.05, 3.63) is 58.6 Å². The Morgan fingerprint density at radius 1 is 1.00 bits per heavy atom. The van der Waals surface area contributed by atoms with Gasteiger partial charge in [0.25, 0.3) is 5.91 Å². The quantitative estimate of drug-likeness (QED) is 0.643. The average Bonchev–Trinajstić information content (AvgIpc) is 2.74. The molecule has 0 atom stereocenters. The maximum atomic E-state index is 12.1. The summed E-state index contributed by atoms with van der Waals surface area (Å²) in [5, 5.41) is 2.77. The van der Waals surface area contributed by atoms with E-state index < -0.39 is 5.97 Å². The molecule has 2 aromatic rings. The molecule has 2 aromatic carbocycles. The maximum Gasteiger partial charge on any atom is 0.310 e. The van der Waals surface area contributed by atoms with E-state index in [0.717, 1.165) is 48.4 Å². The lowest BCUT2D eigenvalue weighted by Crippen LogP contribution is -2.46. The molecule has 0 aromatic heterocycles. The second kappa shape index (κ2) is 10.4. The van der Waals surface area contributed by atoms with Crippen molar-refractivity contribution in [1.82, 2.24) is 4.90 Å². The van der Waals surface area contributed by atoms with Gasteiger partial charge in [0.1, 0.15) is 0 Å². The van der Waals surface area contributed by atoms with Crippen LogP contribution in [0.1, 0.15) is 12.5 Å².